The van der Waals surface area contributed by atoms with Crippen LogP contribution in [0, 0.1) is 20.9 Å². The largest absolute Gasteiger partial charge is 0.298 e. The van der Waals surface area contributed by atoms with Crippen LogP contribution in [0.4, 0.5) is 0 Å². The van der Waals surface area contributed by atoms with E-state index in [1.807, 2.05) is 36.4 Å². The molecule has 0 aromatic heterocycles. The topological polar surface area (TPSA) is 34.1 Å². The van der Waals surface area contributed by atoms with E-state index >= 15 is 0 Å². The minimum Gasteiger partial charge on any atom is -0.298 e. The van der Waals surface area contributed by atoms with E-state index in [4.69, 9.17) is 0 Å². The predicted octanol–water partition coefficient (Wildman–Crippen LogP) is 2.20. The van der Waals surface area contributed by atoms with Gasteiger partial charge in [0.2, 0.25) is 0 Å². The monoisotopic (exact) mass is 208 g/mol. The number of aldehydes is 2. The molecule has 0 N–H and O–H groups in total. The van der Waals surface area contributed by atoms with Crippen molar-refractivity contribution in [1.82, 2.24) is 0 Å². The first kappa shape index (κ1) is 9.04. The molecular weight excluding hydrogens is 200 g/mol. The van der Waals surface area contributed by atoms with E-state index in [9.17, 15) is 9.59 Å². The molecular formula is C14H8O2. The van der Waals surface area contributed by atoms with Gasteiger partial charge in [0.15, 0.2) is 0 Å². The first-order valence-corrected chi connectivity index (χ1v) is 5.02. The molecule has 0 saturated heterocycles. The number of carbonyl (C=O) groups is 2. The summed E-state index contributed by atoms with van der Waals surface area (Å²) in [6, 6.07) is 11.2. The molecule has 0 bridgehead atoms. The van der Waals surface area contributed by atoms with E-state index in [1.54, 1.807) is 0 Å². The van der Waals surface area contributed by atoms with Gasteiger partial charge >= 0.3 is 0 Å². The zero-order valence-corrected chi connectivity index (χ0v) is 8.44. The summed E-state index contributed by atoms with van der Waals surface area (Å²) >= 11 is 0. The van der Waals surface area contributed by atoms with Crippen molar-refractivity contribution in [3.05, 3.63) is 68.4 Å². The fraction of sp³-hybridized carbons (Fsp3) is 0. The van der Waals surface area contributed by atoms with Crippen molar-refractivity contribution in [3.63, 3.8) is 0 Å². The van der Waals surface area contributed by atoms with Crippen molar-refractivity contribution in [2.45, 2.75) is 0 Å². The first-order valence-electron chi connectivity index (χ1n) is 5.02. The lowest BCUT2D eigenvalue weighted by molar-refractivity contribution is 0.111. The minimum atomic E-state index is 0.668. The highest BCUT2D eigenvalue weighted by Gasteiger charge is 2.03. The number of carbonyl (C=O) groups excluding carboxylic acids is 2. The van der Waals surface area contributed by atoms with Crippen molar-refractivity contribution in [2.24, 2.45) is 0 Å². The number of hydrogen-bond donors (Lipinski definition) is 0. The average Bonchev–Trinajstić information content (AvgIpc) is 2.34. The summed E-state index contributed by atoms with van der Waals surface area (Å²) < 4.78 is 0. The van der Waals surface area contributed by atoms with Gasteiger partial charge in [-0.2, -0.15) is 0 Å². The highest BCUT2D eigenvalue weighted by molar-refractivity contribution is 5.76. The van der Waals surface area contributed by atoms with Gasteiger partial charge in [0.1, 0.15) is 12.6 Å². The first-order chi connectivity index (χ1) is 7.83. The third kappa shape index (κ3) is 1.07. The van der Waals surface area contributed by atoms with Crippen LogP contribution in [0.25, 0.3) is 0 Å². The van der Waals surface area contributed by atoms with Crippen molar-refractivity contribution in [2.75, 3.05) is 0 Å². The summed E-state index contributed by atoms with van der Waals surface area (Å²) in [5, 5.41) is 4.42. The van der Waals surface area contributed by atoms with Crippen LogP contribution in [0.5, 0.6) is 0 Å². The van der Waals surface area contributed by atoms with Gasteiger partial charge in [-0.1, -0.05) is 24.3 Å². The average molecular weight is 208 g/mol. The van der Waals surface area contributed by atoms with Crippen molar-refractivity contribution < 1.29 is 9.59 Å². The van der Waals surface area contributed by atoms with E-state index in [0.29, 0.717) is 11.1 Å². The summed E-state index contributed by atoms with van der Waals surface area (Å²) in [5.41, 5.74) is 1.34. The molecule has 1 aliphatic rings. The highest BCUT2D eigenvalue weighted by atomic mass is 16.1. The smallest absolute Gasteiger partial charge is 0.150 e. The maximum Gasteiger partial charge on any atom is 0.150 e. The molecule has 0 atom stereocenters. The fourth-order valence-electron chi connectivity index (χ4n) is 2.12. The van der Waals surface area contributed by atoms with E-state index in [-0.39, 0.29) is 0 Å². The van der Waals surface area contributed by atoms with Gasteiger partial charge in [-0.3, -0.25) is 9.59 Å². The van der Waals surface area contributed by atoms with Crippen LogP contribution in [0.3, 0.4) is 0 Å². The van der Waals surface area contributed by atoms with Crippen LogP contribution in [-0.2, 0) is 0 Å². The second-order valence-electron chi connectivity index (χ2n) is 3.85. The Morgan fingerprint density at radius 1 is 0.625 bits per heavy atom. The Kier molecular flexibility index (Phi) is 1.77. The Morgan fingerprint density at radius 3 is 1.44 bits per heavy atom. The zero-order chi connectivity index (χ0) is 11.1. The molecule has 16 heavy (non-hydrogen) atoms. The number of fused-ring (bicyclic) bond motifs is 2. The highest BCUT2D eigenvalue weighted by Crippen LogP contribution is 2.15. The molecule has 0 amide bonds. The molecule has 1 aliphatic carbocycles. The van der Waals surface area contributed by atoms with Gasteiger partial charge in [0.05, 0.1) is 0 Å². The van der Waals surface area contributed by atoms with Crippen LogP contribution < -0.4 is 0 Å². The summed E-state index contributed by atoms with van der Waals surface area (Å²) in [6.07, 6.45) is 1.67. The Morgan fingerprint density at radius 2 is 1.06 bits per heavy atom. The van der Waals surface area contributed by atoms with E-state index in [0.717, 1.165) is 33.4 Å². The Hall–Kier alpha value is -2.22. The third-order valence-electron chi connectivity index (χ3n) is 2.94. The van der Waals surface area contributed by atoms with Crippen LogP contribution in [0.1, 0.15) is 20.7 Å². The molecule has 0 saturated carbocycles. The molecule has 3 rings (SSSR count). The quantitative estimate of drug-likeness (QED) is 0.605. The summed E-state index contributed by atoms with van der Waals surface area (Å²) in [5.74, 6) is 0. The summed E-state index contributed by atoms with van der Waals surface area (Å²) in [6.45, 7) is 0. The molecule has 0 heterocycles. The van der Waals surface area contributed by atoms with Gasteiger partial charge in [0.25, 0.3) is 0 Å². The van der Waals surface area contributed by atoms with Crippen LogP contribution >= 0.6 is 0 Å². The SMILES string of the molecule is O=Cc1ccc2c(c1)=c1cc(C=O)ccc1=2. The molecule has 2 aromatic carbocycles. The standard InChI is InChI=1S/C14H8O2/c15-7-9-1-3-11-12-4-2-10(8-16)6-14(12)13(11)5-9/h1-8H. The Bertz CT molecular complexity index is 721. The van der Waals surface area contributed by atoms with Crippen LogP contribution in [0.15, 0.2) is 36.4 Å². The van der Waals surface area contributed by atoms with Gasteiger partial charge in [0, 0.05) is 11.1 Å². The predicted molar refractivity (Wildman–Crippen MR) is 59.0 cm³/mol. The lowest BCUT2D eigenvalue weighted by atomic mass is 9.98. The number of hydrogen-bond acceptors (Lipinski definition) is 2. The van der Waals surface area contributed by atoms with Gasteiger partial charge in [-0.15, -0.1) is 0 Å². The minimum absolute atomic E-state index is 0.668. The fourth-order valence-corrected chi connectivity index (χ4v) is 2.12. The molecule has 2 aromatic rings. The zero-order valence-electron chi connectivity index (χ0n) is 8.44. The number of rotatable bonds is 2. The molecule has 0 unspecified atom stereocenters. The van der Waals surface area contributed by atoms with Crippen molar-refractivity contribution in [1.29, 1.82) is 0 Å². The molecule has 0 spiro atoms. The van der Waals surface area contributed by atoms with E-state index in [1.165, 1.54) is 0 Å². The normalized spacial score (nSPS) is 11.0. The number of benzene rings is 2. The van der Waals surface area contributed by atoms with Crippen molar-refractivity contribution >= 4 is 12.6 Å². The van der Waals surface area contributed by atoms with Gasteiger partial charge in [-0.25, -0.2) is 0 Å². The molecule has 2 heteroatoms. The van der Waals surface area contributed by atoms with Gasteiger partial charge < -0.3 is 0 Å². The molecule has 0 aliphatic heterocycles. The second-order valence-corrected chi connectivity index (χ2v) is 3.85. The van der Waals surface area contributed by atoms with Crippen LogP contribution in [0.2, 0.25) is 0 Å². The summed E-state index contributed by atoms with van der Waals surface area (Å²) in [7, 11) is 0. The van der Waals surface area contributed by atoms with E-state index < -0.39 is 0 Å². The third-order valence-corrected chi connectivity index (χ3v) is 2.94. The van der Waals surface area contributed by atoms with E-state index in [2.05, 4.69) is 0 Å². The maximum absolute atomic E-state index is 10.7. The Labute approximate surface area is 91.2 Å². The summed E-state index contributed by atoms with van der Waals surface area (Å²) in [4.78, 5) is 21.3. The maximum atomic E-state index is 10.7. The lowest BCUT2D eigenvalue weighted by Gasteiger charge is -2.05. The van der Waals surface area contributed by atoms with Crippen LogP contribution in [-0.4, -0.2) is 12.6 Å². The van der Waals surface area contributed by atoms with Gasteiger partial charge in [-0.05, 0) is 33.0 Å². The molecule has 76 valence electrons. The molecule has 0 radical (unpaired) electrons. The van der Waals surface area contributed by atoms with Crippen molar-refractivity contribution in [3.8, 4) is 0 Å². The lowest BCUT2D eigenvalue weighted by Crippen LogP contribution is -1.94. The molecule has 0 fully saturated rings. The Balaban J connectivity index is 2.46. The molecule has 2 nitrogen and oxygen atoms in total. The second kappa shape index (κ2) is 3.14.